The minimum Gasteiger partial charge on any atom is -0.501 e. The van der Waals surface area contributed by atoms with Gasteiger partial charge in [-0.15, -0.1) is 0 Å². The van der Waals surface area contributed by atoms with E-state index in [1.54, 1.807) is 30.6 Å². The van der Waals surface area contributed by atoms with Gasteiger partial charge in [-0.2, -0.15) is 12.7 Å². The van der Waals surface area contributed by atoms with E-state index >= 15 is 0 Å². The second-order valence-electron chi connectivity index (χ2n) is 9.45. The number of likely N-dealkylation sites (N-methyl/N-ethyl adjacent to an activating group) is 1. The third kappa shape index (κ3) is 4.49. The van der Waals surface area contributed by atoms with Crippen molar-refractivity contribution in [2.75, 3.05) is 55.6 Å². The number of imidazole rings is 1. The molecule has 6 rings (SSSR count). The van der Waals surface area contributed by atoms with E-state index in [1.807, 2.05) is 4.90 Å². The van der Waals surface area contributed by atoms with Gasteiger partial charge in [0.2, 0.25) is 5.75 Å². The summed E-state index contributed by atoms with van der Waals surface area (Å²) >= 11 is 0. The van der Waals surface area contributed by atoms with Gasteiger partial charge in [0, 0.05) is 57.7 Å². The van der Waals surface area contributed by atoms with Crippen LogP contribution in [0.25, 0.3) is 17.2 Å². The van der Waals surface area contributed by atoms with Crippen LogP contribution in [-0.4, -0.2) is 83.6 Å². The van der Waals surface area contributed by atoms with Crippen molar-refractivity contribution in [1.82, 2.24) is 23.7 Å². The number of fused-ring (bicyclic) bond motifs is 1. The molecule has 0 aliphatic carbocycles. The predicted molar refractivity (Wildman–Crippen MR) is 142 cm³/mol. The number of aromatic hydroxyl groups is 1. The van der Waals surface area contributed by atoms with Crippen LogP contribution in [0.5, 0.6) is 5.75 Å². The Morgan fingerprint density at radius 1 is 1.13 bits per heavy atom. The van der Waals surface area contributed by atoms with Crippen LogP contribution in [0.3, 0.4) is 0 Å². The summed E-state index contributed by atoms with van der Waals surface area (Å²) in [7, 11) is -2.34. The fourth-order valence-corrected chi connectivity index (χ4v) is 6.15. The summed E-state index contributed by atoms with van der Waals surface area (Å²) in [5, 5.41) is 10.9. The first-order valence-electron chi connectivity index (χ1n) is 12.4. The largest absolute Gasteiger partial charge is 0.501 e. The molecule has 2 aliphatic heterocycles. The molecule has 2 aliphatic rings. The lowest BCUT2D eigenvalue weighted by molar-refractivity contribution is 0.122. The number of pyridine rings is 1. The second kappa shape index (κ2) is 9.63. The maximum Gasteiger partial charge on any atom is 0.304 e. The van der Waals surface area contributed by atoms with Gasteiger partial charge in [0.1, 0.15) is 5.82 Å². The number of aromatic amines is 1. The highest BCUT2D eigenvalue weighted by molar-refractivity contribution is 7.90. The summed E-state index contributed by atoms with van der Waals surface area (Å²) in [6, 6.07) is 7.73. The summed E-state index contributed by atoms with van der Waals surface area (Å²) in [5.74, 6) is -0.816. The molecule has 2 fully saturated rings. The molecule has 204 valence electrons. The van der Waals surface area contributed by atoms with Crippen molar-refractivity contribution in [1.29, 1.82) is 0 Å². The van der Waals surface area contributed by atoms with Crippen LogP contribution in [0.15, 0.2) is 47.5 Å². The summed E-state index contributed by atoms with van der Waals surface area (Å²) in [5.41, 5.74) is 1.54. The Bertz CT molecular complexity index is 1720. The molecule has 39 heavy (non-hydrogen) atoms. The SMILES string of the molecule is CN1CCN(c2cc(N3CCOCC3)cn3c(=O)c(O)c(-c4ncc(Cc5ccc(F)cc5)[nH]4)nc23)S1(=O)=O. The topological polar surface area (TPSA) is 136 Å². The summed E-state index contributed by atoms with van der Waals surface area (Å²) < 4.78 is 48.6. The Kier molecular flexibility index (Phi) is 6.24. The highest BCUT2D eigenvalue weighted by Crippen LogP contribution is 2.33. The van der Waals surface area contributed by atoms with Gasteiger partial charge in [0.05, 0.1) is 24.6 Å². The molecule has 14 heteroatoms. The number of ether oxygens (including phenoxy) is 1. The van der Waals surface area contributed by atoms with Gasteiger partial charge < -0.3 is 19.7 Å². The number of rotatable bonds is 5. The van der Waals surface area contributed by atoms with Crippen molar-refractivity contribution < 1.29 is 22.7 Å². The molecule has 4 aromatic rings. The average Bonchev–Trinajstić information content (AvgIpc) is 3.50. The molecular formula is C25H26FN7O5S. The molecule has 0 saturated carbocycles. The van der Waals surface area contributed by atoms with Gasteiger partial charge in [-0.05, 0) is 23.8 Å². The number of anilines is 2. The number of nitrogens with one attached hydrogen (secondary N) is 1. The van der Waals surface area contributed by atoms with E-state index in [2.05, 4.69) is 15.0 Å². The van der Waals surface area contributed by atoms with Crippen LogP contribution in [-0.2, 0) is 21.4 Å². The van der Waals surface area contributed by atoms with Crippen molar-refractivity contribution in [3.05, 3.63) is 70.2 Å². The molecule has 0 amide bonds. The molecule has 12 nitrogen and oxygen atoms in total. The summed E-state index contributed by atoms with van der Waals surface area (Å²) in [6.45, 7) is 2.56. The molecule has 1 aromatic carbocycles. The van der Waals surface area contributed by atoms with Gasteiger partial charge in [-0.3, -0.25) is 13.5 Å². The van der Waals surface area contributed by atoms with E-state index in [0.717, 1.165) is 5.56 Å². The monoisotopic (exact) mass is 555 g/mol. The minimum atomic E-state index is -3.84. The molecular weight excluding hydrogens is 529 g/mol. The zero-order chi connectivity index (χ0) is 27.3. The predicted octanol–water partition coefficient (Wildman–Crippen LogP) is 1.35. The Balaban J connectivity index is 1.48. The zero-order valence-electron chi connectivity index (χ0n) is 21.0. The maximum absolute atomic E-state index is 13.5. The van der Waals surface area contributed by atoms with Crippen molar-refractivity contribution >= 4 is 27.2 Å². The number of nitrogens with zero attached hydrogens (tertiary/aromatic N) is 6. The third-order valence-corrected chi connectivity index (χ3v) is 8.87. The van der Waals surface area contributed by atoms with Gasteiger partial charge in [-0.25, -0.2) is 14.4 Å². The van der Waals surface area contributed by atoms with E-state index in [-0.39, 0.29) is 41.8 Å². The number of H-pyrrole nitrogens is 1. The van der Waals surface area contributed by atoms with Crippen molar-refractivity contribution in [2.24, 2.45) is 0 Å². The number of hydrogen-bond acceptors (Lipinski definition) is 8. The van der Waals surface area contributed by atoms with Crippen LogP contribution in [0, 0.1) is 5.82 Å². The van der Waals surface area contributed by atoms with Crippen LogP contribution in [0.4, 0.5) is 15.8 Å². The molecule has 0 unspecified atom stereocenters. The number of hydrogen-bond donors (Lipinski definition) is 2. The lowest BCUT2D eigenvalue weighted by Gasteiger charge is -2.30. The van der Waals surface area contributed by atoms with Crippen LogP contribution >= 0.6 is 0 Å². The molecule has 0 radical (unpaired) electrons. The van der Waals surface area contributed by atoms with Gasteiger partial charge in [0.15, 0.2) is 17.2 Å². The second-order valence-corrected chi connectivity index (χ2v) is 11.4. The van der Waals surface area contributed by atoms with Crippen molar-refractivity contribution in [3.8, 4) is 17.3 Å². The lowest BCUT2D eigenvalue weighted by atomic mass is 10.1. The molecule has 5 heterocycles. The van der Waals surface area contributed by atoms with Crippen LogP contribution in [0.2, 0.25) is 0 Å². The first kappa shape index (κ1) is 25.3. The Morgan fingerprint density at radius 2 is 1.87 bits per heavy atom. The zero-order valence-corrected chi connectivity index (χ0v) is 21.9. The van der Waals surface area contributed by atoms with E-state index in [0.29, 0.717) is 44.1 Å². The van der Waals surface area contributed by atoms with Crippen LogP contribution < -0.4 is 14.8 Å². The standard InChI is InChI=1S/C25H26FN7O5S/c1-30-6-7-33(39(30,36)37)20-13-19(31-8-10-38-11-9-31)15-32-24(20)29-21(22(34)25(32)35)23-27-14-18(28-23)12-16-2-4-17(26)5-3-16/h2-5,13-15,34H,6-12H2,1H3,(H,27,28). The Hall–Kier alpha value is -4.01. The average molecular weight is 556 g/mol. The van der Waals surface area contributed by atoms with Gasteiger partial charge in [-0.1, -0.05) is 12.1 Å². The highest BCUT2D eigenvalue weighted by atomic mass is 32.2. The van der Waals surface area contributed by atoms with E-state index in [1.165, 1.54) is 32.2 Å². The van der Waals surface area contributed by atoms with Crippen LogP contribution in [0.1, 0.15) is 11.3 Å². The normalized spacial score (nSPS) is 17.8. The minimum absolute atomic E-state index is 0.0696. The third-order valence-electron chi connectivity index (χ3n) is 6.96. The number of benzene rings is 1. The molecule has 0 spiro atoms. The Labute approximate surface area is 223 Å². The van der Waals surface area contributed by atoms with E-state index < -0.39 is 21.5 Å². The molecule has 2 saturated heterocycles. The smallest absolute Gasteiger partial charge is 0.304 e. The number of halogens is 1. The fraction of sp³-hybridized carbons (Fsp3) is 0.320. The van der Waals surface area contributed by atoms with Gasteiger partial charge in [0.25, 0.3) is 0 Å². The lowest BCUT2D eigenvalue weighted by Crippen LogP contribution is -2.37. The van der Waals surface area contributed by atoms with E-state index in [9.17, 15) is 22.7 Å². The number of morpholine rings is 1. The van der Waals surface area contributed by atoms with Crippen molar-refractivity contribution in [3.63, 3.8) is 0 Å². The number of aromatic nitrogens is 4. The first-order chi connectivity index (χ1) is 18.7. The molecule has 0 bridgehead atoms. The summed E-state index contributed by atoms with van der Waals surface area (Å²) in [6.07, 6.45) is 3.51. The van der Waals surface area contributed by atoms with Crippen molar-refractivity contribution in [2.45, 2.75) is 6.42 Å². The maximum atomic E-state index is 13.5. The highest BCUT2D eigenvalue weighted by Gasteiger charge is 2.36. The molecule has 2 N–H and O–H groups in total. The first-order valence-corrected chi connectivity index (χ1v) is 13.8. The van der Waals surface area contributed by atoms with Gasteiger partial charge >= 0.3 is 15.8 Å². The summed E-state index contributed by atoms with van der Waals surface area (Å²) in [4.78, 5) is 27.4. The molecule has 0 atom stereocenters. The van der Waals surface area contributed by atoms with E-state index in [4.69, 9.17) is 4.74 Å². The fourth-order valence-electron chi connectivity index (χ4n) is 4.81. The quantitative estimate of drug-likeness (QED) is 0.377. The molecule has 3 aromatic heterocycles. The Morgan fingerprint density at radius 3 is 2.56 bits per heavy atom.